The molecule has 1 heteroatoms. The highest BCUT2D eigenvalue weighted by Gasteiger charge is 2.16. The molecule has 1 heterocycles. The smallest absolute Gasteiger partial charge is 0.0733 e. The normalized spacial score (nSPS) is 13.9. The number of nitrogens with zero attached hydrogens (tertiary/aromatic N) is 1. The number of hydrogen-bond acceptors (Lipinski definition) is 1. The Kier molecular flexibility index (Phi) is 4.76. The van der Waals surface area contributed by atoms with Crippen LogP contribution in [-0.4, -0.2) is 4.98 Å². The van der Waals surface area contributed by atoms with Crippen molar-refractivity contribution in [1.82, 2.24) is 4.98 Å². The van der Waals surface area contributed by atoms with Crippen LogP contribution in [0.25, 0.3) is 10.9 Å². The van der Waals surface area contributed by atoms with E-state index in [4.69, 9.17) is 0 Å². The molecule has 0 spiro atoms. The predicted octanol–water partition coefficient (Wildman–Crippen LogP) is 5.92. The summed E-state index contributed by atoms with van der Waals surface area (Å²) in [6, 6.07) is 19.4. The largest absolute Gasteiger partial charge is 0.256 e. The van der Waals surface area contributed by atoms with E-state index in [0.29, 0.717) is 11.8 Å². The van der Waals surface area contributed by atoms with Gasteiger partial charge in [-0.15, -0.1) is 0 Å². The lowest BCUT2D eigenvalue weighted by molar-refractivity contribution is 0.452. The molecule has 0 aliphatic heterocycles. The molecule has 0 amide bonds. The fourth-order valence-electron chi connectivity index (χ4n) is 3.41. The first kappa shape index (κ1) is 15.7. The second kappa shape index (κ2) is 6.95. The van der Waals surface area contributed by atoms with Gasteiger partial charge < -0.3 is 0 Å². The second-order valence-corrected chi connectivity index (χ2v) is 6.65. The minimum atomic E-state index is 0.583. The number of benzene rings is 2. The SMILES string of the molecule is Cc1ccccc1C(C)C(C)CCc1cccc2cccnc12. The molecule has 0 bridgehead atoms. The Hall–Kier alpha value is -2.15. The third-order valence-corrected chi connectivity index (χ3v) is 5.12. The molecule has 1 nitrogen and oxygen atoms in total. The predicted molar refractivity (Wildman–Crippen MR) is 98.8 cm³/mol. The Bertz CT molecular complexity index is 785. The highest BCUT2D eigenvalue weighted by atomic mass is 14.6. The molecule has 0 saturated carbocycles. The fourth-order valence-corrected chi connectivity index (χ4v) is 3.41. The average molecular weight is 303 g/mol. The van der Waals surface area contributed by atoms with Crippen LogP contribution in [0.3, 0.4) is 0 Å². The third-order valence-electron chi connectivity index (χ3n) is 5.12. The lowest BCUT2D eigenvalue weighted by Crippen LogP contribution is -2.09. The lowest BCUT2D eigenvalue weighted by Gasteiger charge is -2.22. The van der Waals surface area contributed by atoms with Crippen LogP contribution >= 0.6 is 0 Å². The first-order valence-electron chi connectivity index (χ1n) is 8.55. The molecule has 3 aromatic rings. The third kappa shape index (κ3) is 3.44. The first-order valence-corrected chi connectivity index (χ1v) is 8.55. The summed E-state index contributed by atoms with van der Waals surface area (Å²) < 4.78 is 0. The van der Waals surface area contributed by atoms with Crippen LogP contribution in [0, 0.1) is 12.8 Å². The number of para-hydroxylation sites is 1. The molecule has 118 valence electrons. The minimum absolute atomic E-state index is 0.583. The van der Waals surface area contributed by atoms with Gasteiger partial charge in [0.25, 0.3) is 0 Å². The van der Waals surface area contributed by atoms with Crippen LogP contribution in [0.2, 0.25) is 0 Å². The molecule has 3 rings (SSSR count). The number of hydrogen-bond donors (Lipinski definition) is 0. The van der Waals surface area contributed by atoms with Gasteiger partial charge in [0.05, 0.1) is 5.52 Å². The molecule has 1 aromatic heterocycles. The van der Waals surface area contributed by atoms with Crippen LogP contribution < -0.4 is 0 Å². The minimum Gasteiger partial charge on any atom is -0.256 e. The summed E-state index contributed by atoms with van der Waals surface area (Å²) in [4.78, 5) is 4.58. The van der Waals surface area contributed by atoms with E-state index in [0.717, 1.165) is 11.9 Å². The second-order valence-electron chi connectivity index (χ2n) is 6.65. The molecule has 0 saturated heterocycles. The van der Waals surface area contributed by atoms with Gasteiger partial charge in [0.1, 0.15) is 0 Å². The van der Waals surface area contributed by atoms with Crippen molar-refractivity contribution in [2.24, 2.45) is 5.92 Å². The molecule has 23 heavy (non-hydrogen) atoms. The van der Waals surface area contributed by atoms with Crippen molar-refractivity contribution in [2.45, 2.75) is 39.5 Å². The summed E-state index contributed by atoms with van der Waals surface area (Å²) in [6.45, 7) is 6.94. The van der Waals surface area contributed by atoms with Crippen molar-refractivity contribution < 1.29 is 0 Å². The van der Waals surface area contributed by atoms with E-state index >= 15 is 0 Å². The van der Waals surface area contributed by atoms with E-state index in [9.17, 15) is 0 Å². The van der Waals surface area contributed by atoms with E-state index < -0.39 is 0 Å². The summed E-state index contributed by atoms with van der Waals surface area (Å²) in [5.74, 6) is 1.23. The molecule has 0 aliphatic rings. The van der Waals surface area contributed by atoms with E-state index in [-0.39, 0.29) is 0 Å². The molecule has 0 fully saturated rings. The van der Waals surface area contributed by atoms with Gasteiger partial charge >= 0.3 is 0 Å². The van der Waals surface area contributed by atoms with Gasteiger partial charge in [-0.25, -0.2) is 0 Å². The van der Waals surface area contributed by atoms with Crippen molar-refractivity contribution in [2.75, 3.05) is 0 Å². The van der Waals surface area contributed by atoms with E-state index in [2.05, 4.69) is 74.3 Å². The molecular formula is C22H25N. The Morgan fingerprint density at radius 3 is 2.52 bits per heavy atom. The van der Waals surface area contributed by atoms with Gasteiger partial charge in [0.2, 0.25) is 0 Å². The maximum atomic E-state index is 4.58. The van der Waals surface area contributed by atoms with Gasteiger partial charge in [-0.1, -0.05) is 62.4 Å². The summed E-state index contributed by atoms with van der Waals surface area (Å²) >= 11 is 0. The summed E-state index contributed by atoms with van der Waals surface area (Å²) in [5.41, 5.74) is 5.41. The average Bonchev–Trinajstić information content (AvgIpc) is 2.59. The van der Waals surface area contributed by atoms with Gasteiger partial charge in [-0.05, 0) is 54.4 Å². The van der Waals surface area contributed by atoms with E-state index in [1.807, 2.05) is 12.3 Å². The number of aromatic nitrogens is 1. The first-order chi connectivity index (χ1) is 11.2. The van der Waals surface area contributed by atoms with Crippen LogP contribution in [-0.2, 0) is 6.42 Å². The van der Waals surface area contributed by atoms with E-state index in [1.165, 1.54) is 28.5 Å². The van der Waals surface area contributed by atoms with Crippen LogP contribution in [0.5, 0.6) is 0 Å². The molecule has 2 unspecified atom stereocenters. The topological polar surface area (TPSA) is 12.9 Å². The van der Waals surface area contributed by atoms with Crippen molar-refractivity contribution >= 4 is 10.9 Å². The molecule has 0 N–H and O–H groups in total. The highest BCUT2D eigenvalue weighted by molar-refractivity contribution is 5.81. The number of pyridine rings is 1. The van der Waals surface area contributed by atoms with Crippen molar-refractivity contribution in [3.63, 3.8) is 0 Å². The van der Waals surface area contributed by atoms with Crippen molar-refractivity contribution in [3.05, 3.63) is 77.5 Å². The Labute approximate surface area is 139 Å². The zero-order valence-electron chi connectivity index (χ0n) is 14.3. The maximum Gasteiger partial charge on any atom is 0.0733 e. The fraction of sp³-hybridized carbons (Fsp3) is 0.318. The molecule has 2 aromatic carbocycles. The molecule has 2 atom stereocenters. The molecule has 0 radical (unpaired) electrons. The summed E-state index contributed by atoms with van der Waals surface area (Å²) in [7, 11) is 0. The zero-order chi connectivity index (χ0) is 16.2. The van der Waals surface area contributed by atoms with Crippen molar-refractivity contribution in [3.8, 4) is 0 Å². The Morgan fingerprint density at radius 1 is 0.913 bits per heavy atom. The number of rotatable bonds is 5. The Morgan fingerprint density at radius 2 is 1.70 bits per heavy atom. The van der Waals surface area contributed by atoms with Crippen LogP contribution in [0.15, 0.2) is 60.8 Å². The standard InChI is InChI=1S/C22H25N/c1-16(18(3)21-12-5-4-8-17(21)2)13-14-20-10-6-9-19-11-7-15-23-22(19)20/h4-12,15-16,18H,13-14H2,1-3H3. The summed E-state index contributed by atoms with van der Waals surface area (Å²) in [5, 5.41) is 1.24. The van der Waals surface area contributed by atoms with Gasteiger partial charge in [-0.2, -0.15) is 0 Å². The van der Waals surface area contributed by atoms with Crippen LogP contribution in [0.4, 0.5) is 0 Å². The monoisotopic (exact) mass is 303 g/mol. The highest BCUT2D eigenvalue weighted by Crippen LogP contribution is 2.30. The van der Waals surface area contributed by atoms with Gasteiger partial charge in [0.15, 0.2) is 0 Å². The number of aryl methyl sites for hydroxylation is 2. The maximum absolute atomic E-state index is 4.58. The molecular weight excluding hydrogens is 278 g/mol. The Balaban J connectivity index is 1.73. The van der Waals surface area contributed by atoms with E-state index in [1.54, 1.807) is 0 Å². The molecule has 0 aliphatic carbocycles. The van der Waals surface area contributed by atoms with Crippen LogP contribution in [0.1, 0.15) is 42.9 Å². The lowest BCUT2D eigenvalue weighted by atomic mass is 9.83. The summed E-state index contributed by atoms with van der Waals surface area (Å²) in [6.07, 6.45) is 4.17. The van der Waals surface area contributed by atoms with Gasteiger partial charge in [0, 0.05) is 11.6 Å². The number of fused-ring (bicyclic) bond motifs is 1. The quantitative estimate of drug-likeness (QED) is 0.570. The van der Waals surface area contributed by atoms with Crippen molar-refractivity contribution in [1.29, 1.82) is 0 Å². The van der Waals surface area contributed by atoms with Gasteiger partial charge in [-0.3, -0.25) is 4.98 Å². The zero-order valence-corrected chi connectivity index (χ0v) is 14.3.